The third-order valence-electron chi connectivity index (χ3n) is 3.22. The Morgan fingerprint density at radius 1 is 1.33 bits per heavy atom. The van der Waals surface area contributed by atoms with Crippen LogP contribution in [0, 0.1) is 13.8 Å². The molecule has 0 fully saturated rings. The van der Waals surface area contributed by atoms with Gasteiger partial charge in [-0.3, -0.25) is 4.68 Å². The van der Waals surface area contributed by atoms with Gasteiger partial charge in [0, 0.05) is 25.7 Å². The zero-order valence-corrected chi connectivity index (χ0v) is 13.8. The van der Waals surface area contributed by atoms with Gasteiger partial charge >= 0.3 is 0 Å². The molecule has 0 bridgehead atoms. The Bertz CT molecular complexity index is 637. The fraction of sp³-hybridized carbons (Fsp3) is 0.467. The molecule has 6 heteroatoms. The van der Waals surface area contributed by atoms with Crippen LogP contribution in [-0.4, -0.2) is 20.8 Å². The van der Waals surface area contributed by atoms with Gasteiger partial charge in [0.1, 0.15) is 5.69 Å². The number of aromatic nitrogens is 3. The Labute approximate surface area is 130 Å². The average Bonchev–Trinajstić information content (AvgIpc) is 2.65. The minimum absolute atomic E-state index is 0.371. The lowest BCUT2D eigenvalue weighted by Gasteiger charge is -2.11. The van der Waals surface area contributed by atoms with E-state index in [0.717, 1.165) is 22.8 Å². The van der Waals surface area contributed by atoms with Crippen molar-refractivity contribution >= 4 is 11.6 Å². The Morgan fingerprint density at radius 2 is 2.05 bits per heavy atom. The van der Waals surface area contributed by atoms with E-state index in [1.807, 2.05) is 27.0 Å². The highest BCUT2D eigenvalue weighted by atomic mass is 35.5. The maximum atomic E-state index is 6.17. The van der Waals surface area contributed by atoms with Gasteiger partial charge in [0.15, 0.2) is 5.75 Å². The lowest BCUT2D eigenvalue weighted by molar-refractivity contribution is 0.451. The second-order valence-corrected chi connectivity index (χ2v) is 5.75. The summed E-state index contributed by atoms with van der Waals surface area (Å²) in [5.74, 6) is 1.27. The molecule has 2 rings (SSSR count). The Hall–Kier alpha value is -1.59. The fourth-order valence-corrected chi connectivity index (χ4v) is 2.12. The summed E-state index contributed by atoms with van der Waals surface area (Å²) in [4.78, 5) is 4.48. The van der Waals surface area contributed by atoms with Crippen molar-refractivity contribution < 1.29 is 4.74 Å². The highest BCUT2D eigenvalue weighted by molar-refractivity contribution is 6.31. The SMILES string of the molecule is Cc1nn(C)c(C)c1Oc1ccc(Cl)c(CNC(C)C)n1. The first-order valence-electron chi connectivity index (χ1n) is 6.95. The predicted octanol–water partition coefficient (Wildman–Crippen LogP) is 3.38. The number of hydrogen-bond donors (Lipinski definition) is 1. The number of hydrogen-bond acceptors (Lipinski definition) is 4. The summed E-state index contributed by atoms with van der Waals surface area (Å²) in [6, 6.07) is 3.95. The maximum Gasteiger partial charge on any atom is 0.219 e. The van der Waals surface area contributed by atoms with Crippen LogP contribution in [0.4, 0.5) is 0 Å². The monoisotopic (exact) mass is 308 g/mol. The molecule has 0 atom stereocenters. The first-order valence-corrected chi connectivity index (χ1v) is 7.33. The molecule has 2 aromatic heterocycles. The van der Waals surface area contributed by atoms with Gasteiger partial charge in [0.2, 0.25) is 5.88 Å². The molecule has 0 spiro atoms. The number of nitrogens with zero attached hydrogens (tertiary/aromatic N) is 3. The zero-order valence-electron chi connectivity index (χ0n) is 13.1. The van der Waals surface area contributed by atoms with Crippen LogP contribution in [-0.2, 0) is 13.6 Å². The number of pyridine rings is 1. The van der Waals surface area contributed by atoms with Crippen molar-refractivity contribution in [2.24, 2.45) is 7.05 Å². The molecular formula is C15H21ClN4O. The van der Waals surface area contributed by atoms with Crippen LogP contribution in [0.2, 0.25) is 5.02 Å². The molecule has 1 N–H and O–H groups in total. The first kappa shape index (κ1) is 15.8. The van der Waals surface area contributed by atoms with E-state index in [9.17, 15) is 0 Å². The Kier molecular flexibility index (Phi) is 4.85. The molecule has 0 saturated heterocycles. The third kappa shape index (κ3) is 3.74. The van der Waals surface area contributed by atoms with E-state index in [1.165, 1.54) is 0 Å². The molecule has 0 saturated carbocycles. The molecule has 0 aliphatic rings. The van der Waals surface area contributed by atoms with E-state index in [2.05, 4.69) is 29.2 Å². The van der Waals surface area contributed by atoms with Crippen molar-refractivity contribution in [2.45, 2.75) is 40.3 Å². The maximum absolute atomic E-state index is 6.17. The van der Waals surface area contributed by atoms with Crippen molar-refractivity contribution in [3.05, 3.63) is 34.2 Å². The van der Waals surface area contributed by atoms with Crippen LogP contribution in [0.5, 0.6) is 11.6 Å². The topological polar surface area (TPSA) is 52.0 Å². The highest BCUT2D eigenvalue weighted by Crippen LogP contribution is 2.28. The van der Waals surface area contributed by atoms with Crippen LogP contribution in [0.3, 0.4) is 0 Å². The molecule has 21 heavy (non-hydrogen) atoms. The zero-order chi connectivity index (χ0) is 15.6. The normalized spacial score (nSPS) is 11.2. The van der Waals surface area contributed by atoms with Gasteiger partial charge in [-0.1, -0.05) is 25.4 Å². The van der Waals surface area contributed by atoms with Gasteiger partial charge in [0.05, 0.1) is 16.4 Å². The summed E-state index contributed by atoms with van der Waals surface area (Å²) in [5.41, 5.74) is 2.58. The molecule has 0 aliphatic heterocycles. The highest BCUT2D eigenvalue weighted by Gasteiger charge is 2.13. The summed E-state index contributed by atoms with van der Waals surface area (Å²) in [7, 11) is 1.89. The van der Waals surface area contributed by atoms with Crippen molar-refractivity contribution in [1.29, 1.82) is 0 Å². The third-order valence-corrected chi connectivity index (χ3v) is 3.56. The van der Waals surface area contributed by atoms with Gasteiger partial charge < -0.3 is 10.1 Å². The van der Waals surface area contributed by atoms with E-state index in [4.69, 9.17) is 16.3 Å². The number of rotatable bonds is 5. The molecule has 0 radical (unpaired) electrons. The summed E-state index contributed by atoms with van der Waals surface area (Å²) in [5, 5.41) is 8.27. The summed E-state index contributed by atoms with van der Waals surface area (Å²) >= 11 is 6.17. The predicted molar refractivity (Wildman–Crippen MR) is 84.0 cm³/mol. The summed E-state index contributed by atoms with van der Waals surface area (Å²) < 4.78 is 7.68. The summed E-state index contributed by atoms with van der Waals surface area (Å²) in [6.45, 7) is 8.65. The Balaban J connectivity index is 2.22. The van der Waals surface area contributed by atoms with Crippen LogP contribution in [0.25, 0.3) is 0 Å². The van der Waals surface area contributed by atoms with Crippen LogP contribution >= 0.6 is 11.6 Å². The van der Waals surface area contributed by atoms with E-state index in [1.54, 1.807) is 10.7 Å². The van der Waals surface area contributed by atoms with Gasteiger partial charge in [-0.15, -0.1) is 0 Å². The van der Waals surface area contributed by atoms with Crippen molar-refractivity contribution in [1.82, 2.24) is 20.1 Å². The van der Waals surface area contributed by atoms with Crippen LogP contribution in [0.1, 0.15) is 30.9 Å². The number of ether oxygens (including phenoxy) is 1. The van der Waals surface area contributed by atoms with E-state index in [0.29, 0.717) is 23.5 Å². The van der Waals surface area contributed by atoms with Crippen molar-refractivity contribution in [2.75, 3.05) is 0 Å². The smallest absolute Gasteiger partial charge is 0.219 e. The molecule has 5 nitrogen and oxygen atoms in total. The molecule has 0 amide bonds. The van der Waals surface area contributed by atoms with E-state index >= 15 is 0 Å². The molecule has 0 aliphatic carbocycles. The Morgan fingerprint density at radius 3 is 2.62 bits per heavy atom. The van der Waals surface area contributed by atoms with Crippen molar-refractivity contribution in [3.8, 4) is 11.6 Å². The number of aryl methyl sites for hydroxylation is 2. The standard InChI is InChI=1S/C15H21ClN4O/c1-9(2)17-8-13-12(16)6-7-14(18-13)21-15-10(3)19-20(5)11(15)4/h6-7,9,17H,8H2,1-5H3. The molecular weight excluding hydrogens is 288 g/mol. The second-order valence-electron chi connectivity index (χ2n) is 5.34. The average molecular weight is 309 g/mol. The van der Waals surface area contributed by atoms with E-state index in [-0.39, 0.29) is 0 Å². The number of halogens is 1. The van der Waals surface area contributed by atoms with E-state index < -0.39 is 0 Å². The molecule has 114 valence electrons. The molecule has 0 unspecified atom stereocenters. The summed E-state index contributed by atoms with van der Waals surface area (Å²) in [6.07, 6.45) is 0. The minimum Gasteiger partial charge on any atom is -0.435 e. The largest absolute Gasteiger partial charge is 0.435 e. The fourth-order valence-electron chi connectivity index (χ4n) is 1.95. The molecule has 2 heterocycles. The van der Waals surface area contributed by atoms with Gasteiger partial charge in [-0.2, -0.15) is 5.10 Å². The quantitative estimate of drug-likeness (QED) is 0.920. The van der Waals surface area contributed by atoms with Gasteiger partial charge in [-0.05, 0) is 19.9 Å². The first-order chi connectivity index (χ1) is 9.88. The van der Waals surface area contributed by atoms with Gasteiger partial charge in [-0.25, -0.2) is 4.98 Å². The van der Waals surface area contributed by atoms with Crippen LogP contribution < -0.4 is 10.1 Å². The van der Waals surface area contributed by atoms with Crippen molar-refractivity contribution in [3.63, 3.8) is 0 Å². The number of nitrogens with one attached hydrogen (secondary N) is 1. The molecule has 2 aromatic rings. The lowest BCUT2D eigenvalue weighted by atomic mass is 10.3. The lowest BCUT2D eigenvalue weighted by Crippen LogP contribution is -2.22. The van der Waals surface area contributed by atoms with Gasteiger partial charge in [0.25, 0.3) is 0 Å². The van der Waals surface area contributed by atoms with Crippen LogP contribution in [0.15, 0.2) is 12.1 Å². The second kappa shape index (κ2) is 6.45. The molecule has 0 aromatic carbocycles. The minimum atomic E-state index is 0.371.